The second-order valence-corrected chi connectivity index (χ2v) is 7.75. The van der Waals surface area contributed by atoms with Crippen molar-refractivity contribution < 1.29 is 14.3 Å². The van der Waals surface area contributed by atoms with Crippen molar-refractivity contribution in [2.24, 2.45) is 0 Å². The first kappa shape index (κ1) is 19.9. The standard InChI is InChI=1S/C26H23N3O3/c1-18(21-12-13-23-24(14-21)32-17-31-23)27-26(30)22-16-29(15-19-8-4-2-5-9-19)28-25(22)20-10-6-3-7-11-20/h2-14,16,18H,15,17H2,1H3,(H,27,30). The van der Waals surface area contributed by atoms with Crippen molar-refractivity contribution in [3.05, 3.63) is 102 Å². The van der Waals surface area contributed by atoms with Crippen LogP contribution in [0.1, 0.15) is 34.5 Å². The minimum Gasteiger partial charge on any atom is -0.454 e. The van der Waals surface area contributed by atoms with E-state index in [1.54, 1.807) is 0 Å². The highest BCUT2D eigenvalue weighted by Gasteiger charge is 2.21. The van der Waals surface area contributed by atoms with E-state index in [1.807, 2.05) is 96.7 Å². The Morgan fingerprint density at radius 3 is 2.50 bits per heavy atom. The van der Waals surface area contributed by atoms with Gasteiger partial charge in [-0.3, -0.25) is 9.48 Å². The van der Waals surface area contributed by atoms with Gasteiger partial charge < -0.3 is 14.8 Å². The molecule has 1 aliphatic rings. The van der Waals surface area contributed by atoms with Gasteiger partial charge in [-0.15, -0.1) is 0 Å². The molecule has 3 aromatic carbocycles. The van der Waals surface area contributed by atoms with E-state index in [0.717, 1.165) is 22.4 Å². The van der Waals surface area contributed by atoms with Crippen molar-refractivity contribution in [3.63, 3.8) is 0 Å². The molecule has 1 atom stereocenters. The van der Waals surface area contributed by atoms with Crippen LogP contribution in [0.3, 0.4) is 0 Å². The lowest BCUT2D eigenvalue weighted by atomic mass is 10.1. The molecule has 1 amide bonds. The lowest BCUT2D eigenvalue weighted by Gasteiger charge is -2.15. The highest BCUT2D eigenvalue weighted by atomic mass is 16.7. The average Bonchev–Trinajstić information content (AvgIpc) is 3.47. The Labute approximate surface area is 186 Å². The molecular weight excluding hydrogens is 402 g/mol. The first-order valence-corrected chi connectivity index (χ1v) is 10.5. The summed E-state index contributed by atoms with van der Waals surface area (Å²) in [6.07, 6.45) is 1.82. The molecule has 1 aromatic heterocycles. The predicted octanol–water partition coefficient (Wildman–Crippen LogP) is 4.82. The van der Waals surface area contributed by atoms with E-state index in [2.05, 4.69) is 5.32 Å². The molecule has 0 fully saturated rings. The van der Waals surface area contributed by atoms with Crippen LogP contribution in [-0.4, -0.2) is 22.5 Å². The topological polar surface area (TPSA) is 65.4 Å². The number of ether oxygens (including phenoxy) is 2. The summed E-state index contributed by atoms with van der Waals surface area (Å²) in [6, 6.07) is 25.4. The predicted molar refractivity (Wildman–Crippen MR) is 122 cm³/mol. The molecule has 32 heavy (non-hydrogen) atoms. The van der Waals surface area contributed by atoms with Crippen molar-refractivity contribution in [1.29, 1.82) is 0 Å². The summed E-state index contributed by atoms with van der Waals surface area (Å²) in [6.45, 7) is 2.76. The van der Waals surface area contributed by atoms with E-state index >= 15 is 0 Å². The maximum absolute atomic E-state index is 13.3. The number of fused-ring (bicyclic) bond motifs is 1. The number of nitrogens with zero attached hydrogens (tertiary/aromatic N) is 2. The minimum absolute atomic E-state index is 0.173. The van der Waals surface area contributed by atoms with E-state index in [1.165, 1.54) is 0 Å². The number of hydrogen-bond donors (Lipinski definition) is 1. The third-order valence-corrected chi connectivity index (χ3v) is 5.49. The first-order chi connectivity index (χ1) is 15.7. The van der Waals surface area contributed by atoms with E-state index in [-0.39, 0.29) is 18.7 Å². The minimum atomic E-state index is -0.210. The number of hydrogen-bond acceptors (Lipinski definition) is 4. The number of nitrogens with one attached hydrogen (secondary N) is 1. The third kappa shape index (κ3) is 4.07. The van der Waals surface area contributed by atoms with Gasteiger partial charge >= 0.3 is 0 Å². The van der Waals surface area contributed by atoms with Gasteiger partial charge in [0.05, 0.1) is 18.2 Å². The van der Waals surface area contributed by atoms with Gasteiger partial charge in [0.2, 0.25) is 6.79 Å². The molecule has 0 aliphatic carbocycles. The van der Waals surface area contributed by atoms with Crippen molar-refractivity contribution in [3.8, 4) is 22.8 Å². The molecule has 0 saturated heterocycles. The average molecular weight is 425 g/mol. The molecule has 1 N–H and O–H groups in total. The number of aromatic nitrogens is 2. The van der Waals surface area contributed by atoms with Gasteiger partial charge in [-0.25, -0.2) is 0 Å². The maximum Gasteiger partial charge on any atom is 0.255 e. The first-order valence-electron chi connectivity index (χ1n) is 10.5. The Hall–Kier alpha value is -4.06. The molecule has 4 aromatic rings. The normalized spacial score (nSPS) is 13.0. The van der Waals surface area contributed by atoms with Gasteiger partial charge in [-0.2, -0.15) is 5.10 Å². The Morgan fingerprint density at radius 1 is 1.00 bits per heavy atom. The number of carbonyl (C=O) groups excluding carboxylic acids is 1. The Balaban J connectivity index is 1.42. The molecule has 6 nitrogen and oxygen atoms in total. The van der Waals surface area contributed by atoms with E-state index in [0.29, 0.717) is 23.6 Å². The quantitative estimate of drug-likeness (QED) is 0.481. The lowest BCUT2D eigenvalue weighted by molar-refractivity contribution is 0.0940. The van der Waals surface area contributed by atoms with Crippen LogP contribution in [0, 0.1) is 0 Å². The fourth-order valence-corrected chi connectivity index (χ4v) is 3.79. The Kier molecular flexibility index (Phi) is 5.34. The smallest absolute Gasteiger partial charge is 0.255 e. The summed E-state index contributed by atoms with van der Waals surface area (Å²) in [7, 11) is 0. The van der Waals surface area contributed by atoms with Crippen LogP contribution in [0.15, 0.2) is 85.1 Å². The van der Waals surface area contributed by atoms with Crippen molar-refractivity contribution in [2.75, 3.05) is 6.79 Å². The highest BCUT2D eigenvalue weighted by Crippen LogP contribution is 2.34. The molecule has 0 saturated carbocycles. The van der Waals surface area contributed by atoms with Crippen LogP contribution < -0.4 is 14.8 Å². The SMILES string of the molecule is CC(NC(=O)c1cn(Cc2ccccc2)nc1-c1ccccc1)c1ccc2c(c1)OCO2. The van der Waals surface area contributed by atoms with Gasteiger partial charge in [0.25, 0.3) is 5.91 Å². The van der Waals surface area contributed by atoms with Crippen LogP contribution in [0.5, 0.6) is 11.5 Å². The lowest BCUT2D eigenvalue weighted by Crippen LogP contribution is -2.26. The monoisotopic (exact) mass is 425 g/mol. The van der Waals surface area contributed by atoms with Crippen molar-refractivity contribution in [1.82, 2.24) is 15.1 Å². The fourth-order valence-electron chi connectivity index (χ4n) is 3.79. The highest BCUT2D eigenvalue weighted by molar-refractivity contribution is 6.00. The summed E-state index contributed by atoms with van der Waals surface area (Å²) < 4.78 is 12.7. The van der Waals surface area contributed by atoms with E-state index in [9.17, 15) is 4.79 Å². The Morgan fingerprint density at radius 2 is 1.72 bits per heavy atom. The molecule has 0 spiro atoms. The molecule has 1 aliphatic heterocycles. The van der Waals surface area contributed by atoms with Crippen molar-refractivity contribution in [2.45, 2.75) is 19.5 Å². The van der Waals surface area contributed by atoms with Gasteiger partial charge in [0, 0.05) is 11.8 Å². The molecule has 0 radical (unpaired) electrons. The van der Waals surface area contributed by atoms with Gasteiger partial charge in [-0.05, 0) is 30.2 Å². The largest absolute Gasteiger partial charge is 0.454 e. The van der Waals surface area contributed by atoms with Crippen LogP contribution in [0.25, 0.3) is 11.3 Å². The molecular formula is C26H23N3O3. The third-order valence-electron chi connectivity index (χ3n) is 5.49. The molecule has 2 heterocycles. The number of benzene rings is 3. The zero-order valence-electron chi connectivity index (χ0n) is 17.7. The van der Waals surface area contributed by atoms with E-state index < -0.39 is 0 Å². The summed E-state index contributed by atoms with van der Waals surface area (Å²) in [5, 5.41) is 7.85. The molecule has 160 valence electrons. The molecule has 6 heteroatoms. The fraction of sp³-hybridized carbons (Fsp3) is 0.154. The zero-order valence-corrected chi connectivity index (χ0v) is 17.7. The van der Waals surface area contributed by atoms with Crippen LogP contribution in [0.4, 0.5) is 0 Å². The number of amides is 1. The Bertz CT molecular complexity index is 1240. The summed E-state index contributed by atoms with van der Waals surface area (Å²) >= 11 is 0. The molecule has 5 rings (SSSR count). The van der Waals surface area contributed by atoms with Gasteiger partial charge in [0.1, 0.15) is 5.69 Å². The van der Waals surface area contributed by atoms with Crippen LogP contribution in [-0.2, 0) is 6.54 Å². The summed E-state index contributed by atoms with van der Waals surface area (Å²) in [5.41, 5.74) is 4.17. The molecule has 1 unspecified atom stereocenters. The van der Waals surface area contributed by atoms with Gasteiger partial charge in [-0.1, -0.05) is 66.7 Å². The van der Waals surface area contributed by atoms with Gasteiger partial charge in [0.15, 0.2) is 11.5 Å². The van der Waals surface area contributed by atoms with Crippen LogP contribution in [0.2, 0.25) is 0 Å². The number of carbonyl (C=O) groups is 1. The van der Waals surface area contributed by atoms with Crippen LogP contribution >= 0.6 is 0 Å². The number of rotatable bonds is 6. The summed E-state index contributed by atoms with van der Waals surface area (Å²) in [4.78, 5) is 13.3. The molecule has 0 bridgehead atoms. The van der Waals surface area contributed by atoms with E-state index in [4.69, 9.17) is 14.6 Å². The van der Waals surface area contributed by atoms with Crippen molar-refractivity contribution >= 4 is 5.91 Å². The summed E-state index contributed by atoms with van der Waals surface area (Å²) in [5.74, 6) is 1.25. The maximum atomic E-state index is 13.3. The second kappa shape index (κ2) is 8.59. The zero-order chi connectivity index (χ0) is 21.9. The second-order valence-electron chi connectivity index (χ2n) is 7.75.